The molecule has 0 bridgehead atoms. The van der Waals surface area contributed by atoms with Gasteiger partial charge < -0.3 is 20.3 Å². The summed E-state index contributed by atoms with van der Waals surface area (Å²) in [6.45, 7) is 3.78. The average molecular weight is 435 g/mol. The van der Waals surface area contributed by atoms with Crippen LogP contribution in [0.5, 0.6) is 5.75 Å². The fourth-order valence-corrected chi connectivity index (χ4v) is 3.42. The molecule has 0 saturated heterocycles. The second-order valence-corrected chi connectivity index (χ2v) is 7.67. The number of benzene rings is 2. The predicted molar refractivity (Wildman–Crippen MR) is 125 cm³/mol. The standard InChI is InChI=1S/C26H30N2O4/c1-2-15-32-25-16-21(11-12-23(25)26(30)31)20-9-7-19(8-10-20)5-3-13-28-18-24(29)22-6-4-14-27-17-22/h4,6-12,14,16-17,24,28-29H,2-3,5,13,15,18H2,1H3,(H,30,31)/t24-/m0/s1. The number of aromatic nitrogens is 1. The molecule has 1 aromatic heterocycles. The van der Waals surface area contributed by atoms with Gasteiger partial charge in [-0.1, -0.05) is 43.3 Å². The molecule has 0 aliphatic rings. The van der Waals surface area contributed by atoms with Crippen molar-refractivity contribution in [1.29, 1.82) is 0 Å². The first kappa shape index (κ1) is 23.4. The van der Waals surface area contributed by atoms with E-state index in [9.17, 15) is 15.0 Å². The summed E-state index contributed by atoms with van der Waals surface area (Å²) in [7, 11) is 0. The van der Waals surface area contributed by atoms with Crippen LogP contribution in [0.2, 0.25) is 0 Å². The number of ether oxygens (including phenoxy) is 1. The molecule has 0 saturated carbocycles. The molecule has 6 heteroatoms. The molecule has 0 radical (unpaired) electrons. The summed E-state index contributed by atoms with van der Waals surface area (Å²) in [5.74, 6) is -0.583. The van der Waals surface area contributed by atoms with Crippen molar-refractivity contribution >= 4 is 5.97 Å². The number of aliphatic hydroxyl groups is 1. The van der Waals surface area contributed by atoms with Crippen molar-refractivity contribution < 1.29 is 19.7 Å². The van der Waals surface area contributed by atoms with E-state index < -0.39 is 12.1 Å². The summed E-state index contributed by atoms with van der Waals surface area (Å²) in [4.78, 5) is 15.5. The van der Waals surface area contributed by atoms with Crippen LogP contribution in [-0.4, -0.2) is 40.9 Å². The van der Waals surface area contributed by atoms with Gasteiger partial charge >= 0.3 is 5.97 Å². The van der Waals surface area contributed by atoms with Crippen LogP contribution in [0.15, 0.2) is 67.0 Å². The molecule has 3 N–H and O–H groups in total. The Bertz CT molecular complexity index is 990. The second-order valence-electron chi connectivity index (χ2n) is 7.67. The lowest BCUT2D eigenvalue weighted by Crippen LogP contribution is -2.22. The van der Waals surface area contributed by atoms with Crippen LogP contribution >= 0.6 is 0 Å². The van der Waals surface area contributed by atoms with E-state index in [4.69, 9.17) is 4.74 Å². The SMILES string of the molecule is CCCOc1cc(-c2ccc(CCCNC[C@H](O)c3cccnc3)cc2)ccc1C(=O)O. The Morgan fingerprint density at radius 3 is 2.59 bits per heavy atom. The first-order chi connectivity index (χ1) is 15.6. The van der Waals surface area contributed by atoms with Gasteiger partial charge in [0.05, 0.1) is 12.7 Å². The smallest absolute Gasteiger partial charge is 0.339 e. The van der Waals surface area contributed by atoms with E-state index in [-0.39, 0.29) is 5.56 Å². The number of hydrogen-bond acceptors (Lipinski definition) is 5. The number of aromatic carboxylic acids is 1. The third-order valence-corrected chi connectivity index (χ3v) is 5.19. The third-order valence-electron chi connectivity index (χ3n) is 5.19. The quantitative estimate of drug-likeness (QED) is 0.364. The number of aliphatic hydroxyl groups excluding tert-OH is 1. The molecule has 2 aromatic carbocycles. The highest BCUT2D eigenvalue weighted by Gasteiger charge is 2.13. The van der Waals surface area contributed by atoms with Gasteiger partial charge in [-0.15, -0.1) is 0 Å². The van der Waals surface area contributed by atoms with E-state index in [1.165, 1.54) is 5.56 Å². The Kier molecular flexibility index (Phi) is 8.78. The molecule has 3 aromatic rings. The Balaban J connectivity index is 1.51. The maximum absolute atomic E-state index is 11.4. The first-order valence-electron chi connectivity index (χ1n) is 11.0. The zero-order valence-electron chi connectivity index (χ0n) is 18.3. The lowest BCUT2D eigenvalue weighted by atomic mass is 10.0. The molecular weight excluding hydrogens is 404 g/mol. The fourth-order valence-electron chi connectivity index (χ4n) is 3.42. The minimum absolute atomic E-state index is 0.181. The number of rotatable bonds is 12. The average Bonchev–Trinajstić information content (AvgIpc) is 2.83. The Morgan fingerprint density at radius 1 is 1.12 bits per heavy atom. The Labute approximate surface area is 188 Å². The van der Waals surface area contributed by atoms with Crippen molar-refractivity contribution in [1.82, 2.24) is 10.3 Å². The first-order valence-corrected chi connectivity index (χ1v) is 11.0. The number of carboxylic acids is 1. The molecule has 6 nitrogen and oxygen atoms in total. The van der Waals surface area contributed by atoms with Gasteiger partial charge in [-0.05, 0) is 60.7 Å². The maximum atomic E-state index is 11.4. The van der Waals surface area contributed by atoms with E-state index in [2.05, 4.69) is 22.4 Å². The van der Waals surface area contributed by atoms with E-state index in [1.54, 1.807) is 24.5 Å². The van der Waals surface area contributed by atoms with Crippen molar-refractivity contribution in [2.45, 2.75) is 32.3 Å². The van der Waals surface area contributed by atoms with Crippen LogP contribution < -0.4 is 10.1 Å². The van der Waals surface area contributed by atoms with Gasteiger partial charge in [0.15, 0.2) is 0 Å². The van der Waals surface area contributed by atoms with Crippen molar-refractivity contribution in [3.8, 4) is 16.9 Å². The van der Waals surface area contributed by atoms with Gasteiger partial charge in [0, 0.05) is 24.5 Å². The molecule has 0 aliphatic carbocycles. The molecule has 168 valence electrons. The molecule has 0 spiro atoms. The summed E-state index contributed by atoms with van der Waals surface area (Å²) < 4.78 is 5.65. The highest BCUT2D eigenvalue weighted by Crippen LogP contribution is 2.28. The lowest BCUT2D eigenvalue weighted by Gasteiger charge is -2.12. The van der Waals surface area contributed by atoms with Gasteiger partial charge in [-0.3, -0.25) is 4.98 Å². The minimum atomic E-state index is -0.987. The van der Waals surface area contributed by atoms with Crippen LogP contribution in [0.25, 0.3) is 11.1 Å². The third kappa shape index (κ3) is 6.64. The number of carbonyl (C=O) groups is 1. The number of nitrogens with zero attached hydrogens (tertiary/aromatic N) is 1. The Hall–Kier alpha value is -3.22. The summed E-state index contributed by atoms with van der Waals surface area (Å²) in [5.41, 5.74) is 4.17. The van der Waals surface area contributed by atoms with E-state index in [0.29, 0.717) is 18.9 Å². The normalized spacial score (nSPS) is 11.8. The molecule has 0 fully saturated rings. The van der Waals surface area contributed by atoms with Gasteiger partial charge in [0.1, 0.15) is 11.3 Å². The van der Waals surface area contributed by atoms with E-state index >= 15 is 0 Å². The molecule has 0 unspecified atom stereocenters. The van der Waals surface area contributed by atoms with Gasteiger partial charge in [-0.2, -0.15) is 0 Å². The topological polar surface area (TPSA) is 91.7 Å². The van der Waals surface area contributed by atoms with Crippen molar-refractivity contribution in [2.24, 2.45) is 0 Å². The van der Waals surface area contributed by atoms with E-state index in [0.717, 1.165) is 42.5 Å². The monoisotopic (exact) mass is 434 g/mol. The predicted octanol–water partition coefficient (Wildman–Crippen LogP) is 4.49. The summed E-state index contributed by atoms with van der Waals surface area (Å²) >= 11 is 0. The fraction of sp³-hybridized carbons (Fsp3) is 0.308. The van der Waals surface area contributed by atoms with Crippen LogP contribution in [-0.2, 0) is 6.42 Å². The van der Waals surface area contributed by atoms with Gasteiger partial charge in [0.2, 0.25) is 0 Å². The minimum Gasteiger partial charge on any atom is -0.493 e. The van der Waals surface area contributed by atoms with E-state index in [1.807, 2.05) is 37.3 Å². The van der Waals surface area contributed by atoms with Crippen LogP contribution in [0, 0.1) is 0 Å². The van der Waals surface area contributed by atoms with Gasteiger partial charge in [0.25, 0.3) is 0 Å². The van der Waals surface area contributed by atoms with Crippen molar-refractivity contribution in [3.63, 3.8) is 0 Å². The summed E-state index contributed by atoms with van der Waals surface area (Å²) in [5, 5.41) is 22.8. The highest BCUT2D eigenvalue weighted by molar-refractivity contribution is 5.92. The Morgan fingerprint density at radius 2 is 1.91 bits per heavy atom. The van der Waals surface area contributed by atoms with Crippen molar-refractivity contribution in [3.05, 3.63) is 83.7 Å². The molecular formula is C26H30N2O4. The van der Waals surface area contributed by atoms with Gasteiger partial charge in [-0.25, -0.2) is 4.79 Å². The second kappa shape index (κ2) is 12.0. The molecule has 0 aliphatic heterocycles. The molecule has 1 heterocycles. The number of nitrogens with one attached hydrogen (secondary N) is 1. The number of aryl methyl sites for hydroxylation is 1. The number of carboxylic acid groups (broad SMARTS) is 1. The molecule has 32 heavy (non-hydrogen) atoms. The van der Waals surface area contributed by atoms with Crippen molar-refractivity contribution in [2.75, 3.05) is 19.7 Å². The molecule has 3 rings (SSSR count). The van der Waals surface area contributed by atoms with Crippen LogP contribution in [0.3, 0.4) is 0 Å². The summed E-state index contributed by atoms with van der Waals surface area (Å²) in [6.07, 6.45) is 5.53. The number of pyridine rings is 1. The van der Waals surface area contributed by atoms with Crippen LogP contribution in [0.4, 0.5) is 0 Å². The number of hydrogen-bond donors (Lipinski definition) is 3. The zero-order valence-corrected chi connectivity index (χ0v) is 18.3. The highest BCUT2D eigenvalue weighted by atomic mass is 16.5. The largest absolute Gasteiger partial charge is 0.493 e. The summed E-state index contributed by atoms with van der Waals surface area (Å²) in [6, 6.07) is 17.2. The zero-order chi connectivity index (χ0) is 22.8. The maximum Gasteiger partial charge on any atom is 0.339 e. The molecule has 1 atom stereocenters. The lowest BCUT2D eigenvalue weighted by molar-refractivity contribution is 0.0692. The van der Waals surface area contributed by atoms with Crippen LogP contribution in [0.1, 0.15) is 47.4 Å². The molecule has 0 amide bonds.